The van der Waals surface area contributed by atoms with Gasteiger partial charge in [-0.1, -0.05) is 12.1 Å². The standard InChI is InChI=1S/C27H24FN3O5/c1-34-19-10-6-16(7-11-19)23-22-24(30-29-23)27(33)31(14-15-4-8-18(28)9-5-15)25(22)17-12-20(35-2)26(32)21(13-17)36-3/h4-13,25,32H,14H2,1-3H3,(H,29,30). The van der Waals surface area contributed by atoms with E-state index in [0.29, 0.717) is 28.3 Å². The molecule has 0 saturated heterocycles. The third-order valence-corrected chi connectivity index (χ3v) is 6.31. The molecule has 1 aliphatic heterocycles. The number of benzene rings is 3. The predicted octanol–water partition coefficient (Wildman–Crippen LogP) is 4.69. The van der Waals surface area contributed by atoms with E-state index >= 15 is 0 Å². The molecule has 2 N–H and O–H groups in total. The molecule has 8 nitrogen and oxygen atoms in total. The zero-order chi connectivity index (χ0) is 25.4. The van der Waals surface area contributed by atoms with E-state index in [2.05, 4.69) is 10.2 Å². The summed E-state index contributed by atoms with van der Waals surface area (Å²) in [5, 5.41) is 17.9. The smallest absolute Gasteiger partial charge is 0.273 e. The predicted molar refractivity (Wildman–Crippen MR) is 130 cm³/mol. The molecule has 0 fully saturated rings. The lowest BCUT2D eigenvalue weighted by Gasteiger charge is -2.27. The summed E-state index contributed by atoms with van der Waals surface area (Å²) < 4.78 is 29.6. The first-order valence-electron chi connectivity index (χ1n) is 11.2. The van der Waals surface area contributed by atoms with Crippen molar-refractivity contribution in [1.82, 2.24) is 15.1 Å². The number of aromatic amines is 1. The van der Waals surface area contributed by atoms with Crippen molar-refractivity contribution in [3.05, 3.63) is 88.9 Å². The number of aromatic nitrogens is 2. The van der Waals surface area contributed by atoms with E-state index in [1.807, 2.05) is 24.3 Å². The molecule has 1 aromatic heterocycles. The topological polar surface area (TPSA) is 96.9 Å². The van der Waals surface area contributed by atoms with Gasteiger partial charge in [-0.25, -0.2) is 4.39 Å². The number of rotatable bonds is 7. The van der Waals surface area contributed by atoms with E-state index < -0.39 is 6.04 Å². The van der Waals surface area contributed by atoms with Crippen LogP contribution in [0.1, 0.15) is 33.2 Å². The zero-order valence-electron chi connectivity index (χ0n) is 19.9. The lowest BCUT2D eigenvalue weighted by atomic mass is 9.95. The van der Waals surface area contributed by atoms with E-state index in [9.17, 15) is 14.3 Å². The lowest BCUT2D eigenvalue weighted by Crippen LogP contribution is -2.29. The second kappa shape index (κ2) is 9.26. The van der Waals surface area contributed by atoms with Crippen molar-refractivity contribution in [3.8, 4) is 34.3 Å². The van der Waals surface area contributed by atoms with E-state index in [1.54, 1.807) is 36.3 Å². The molecular weight excluding hydrogens is 465 g/mol. The number of amides is 1. The second-order valence-corrected chi connectivity index (χ2v) is 8.33. The summed E-state index contributed by atoms with van der Waals surface area (Å²) in [6.07, 6.45) is 0. The van der Waals surface area contributed by atoms with Gasteiger partial charge in [0.05, 0.1) is 33.1 Å². The molecule has 184 valence electrons. The number of methoxy groups -OCH3 is 3. The molecule has 36 heavy (non-hydrogen) atoms. The average molecular weight is 490 g/mol. The highest BCUT2D eigenvalue weighted by Gasteiger charge is 2.42. The Bertz CT molecular complexity index is 1390. The number of H-pyrrole nitrogens is 1. The third kappa shape index (κ3) is 3.88. The number of aromatic hydroxyl groups is 1. The third-order valence-electron chi connectivity index (χ3n) is 6.31. The number of carbonyl (C=O) groups is 1. The van der Waals surface area contributed by atoms with Crippen molar-refractivity contribution < 1.29 is 28.5 Å². The van der Waals surface area contributed by atoms with Gasteiger partial charge >= 0.3 is 0 Å². The minimum absolute atomic E-state index is 0.138. The fourth-order valence-electron chi connectivity index (χ4n) is 4.53. The highest BCUT2D eigenvalue weighted by atomic mass is 19.1. The number of carbonyl (C=O) groups excluding carboxylic acids is 1. The van der Waals surface area contributed by atoms with Crippen molar-refractivity contribution >= 4 is 5.91 Å². The molecule has 2 heterocycles. The van der Waals surface area contributed by atoms with E-state index in [1.165, 1.54) is 26.4 Å². The maximum absolute atomic E-state index is 13.6. The molecule has 4 aromatic rings. The number of hydrogen-bond donors (Lipinski definition) is 2. The number of hydrogen-bond acceptors (Lipinski definition) is 6. The highest BCUT2D eigenvalue weighted by Crippen LogP contribution is 2.47. The number of nitrogens with one attached hydrogen (secondary N) is 1. The van der Waals surface area contributed by atoms with Gasteiger partial charge in [-0.05, 0) is 59.7 Å². The molecule has 9 heteroatoms. The summed E-state index contributed by atoms with van der Waals surface area (Å²) in [5.41, 5.74) is 3.87. The number of nitrogens with zero attached hydrogens (tertiary/aromatic N) is 2. The van der Waals surface area contributed by atoms with Crippen molar-refractivity contribution in [3.63, 3.8) is 0 Å². The lowest BCUT2D eigenvalue weighted by molar-refractivity contribution is 0.0729. The van der Waals surface area contributed by atoms with Crippen molar-refractivity contribution in [2.45, 2.75) is 12.6 Å². The summed E-state index contributed by atoms with van der Waals surface area (Å²) >= 11 is 0. The summed E-state index contributed by atoms with van der Waals surface area (Å²) in [6.45, 7) is 0.222. The van der Waals surface area contributed by atoms with Crippen LogP contribution in [0.3, 0.4) is 0 Å². The van der Waals surface area contributed by atoms with Gasteiger partial charge < -0.3 is 24.2 Å². The van der Waals surface area contributed by atoms with Crippen LogP contribution in [0, 0.1) is 5.82 Å². The van der Waals surface area contributed by atoms with Gasteiger partial charge in [-0.3, -0.25) is 9.89 Å². The first-order chi connectivity index (χ1) is 17.4. The molecule has 1 unspecified atom stereocenters. The average Bonchev–Trinajstić information content (AvgIpc) is 3.44. The molecule has 0 spiro atoms. The van der Waals surface area contributed by atoms with Gasteiger partial charge in [0.15, 0.2) is 11.5 Å². The van der Waals surface area contributed by atoms with Gasteiger partial charge in [0, 0.05) is 17.7 Å². The summed E-state index contributed by atoms with van der Waals surface area (Å²) in [4.78, 5) is 15.3. The molecule has 0 bridgehead atoms. The summed E-state index contributed by atoms with van der Waals surface area (Å²) in [7, 11) is 4.48. The molecule has 0 radical (unpaired) electrons. The fourth-order valence-corrected chi connectivity index (χ4v) is 4.53. The fraction of sp³-hybridized carbons (Fsp3) is 0.185. The van der Waals surface area contributed by atoms with Gasteiger partial charge in [0.1, 0.15) is 17.3 Å². The molecule has 0 saturated carbocycles. The molecular formula is C27H24FN3O5. The largest absolute Gasteiger partial charge is 0.502 e. The Morgan fingerprint density at radius 2 is 1.61 bits per heavy atom. The van der Waals surface area contributed by atoms with Crippen molar-refractivity contribution in [2.24, 2.45) is 0 Å². The molecule has 0 aliphatic carbocycles. The van der Waals surface area contributed by atoms with Crippen LogP contribution in [0.2, 0.25) is 0 Å². The van der Waals surface area contributed by atoms with Crippen LogP contribution in [0.25, 0.3) is 11.3 Å². The first-order valence-corrected chi connectivity index (χ1v) is 11.2. The van der Waals surface area contributed by atoms with Crippen LogP contribution in [0.5, 0.6) is 23.0 Å². The van der Waals surface area contributed by atoms with Crippen molar-refractivity contribution in [2.75, 3.05) is 21.3 Å². The van der Waals surface area contributed by atoms with Gasteiger partial charge in [-0.15, -0.1) is 0 Å². The molecule has 1 amide bonds. The first kappa shape index (κ1) is 23.2. The highest BCUT2D eigenvalue weighted by molar-refractivity contribution is 6.00. The molecule has 1 atom stereocenters. The van der Waals surface area contributed by atoms with Gasteiger partial charge in [0.25, 0.3) is 5.91 Å². The quantitative estimate of drug-likeness (QED) is 0.391. The zero-order valence-corrected chi connectivity index (χ0v) is 19.9. The maximum Gasteiger partial charge on any atom is 0.273 e. The minimum atomic E-state index is -0.586. The molecule has 1 aliphatic rings. The van der Waals surface area contributed by atoms with Gasteiger partial charge in [0.2, 0.25) is 5.75 Å². The number of fused-ring (bicyclic) bond motifs is 1. The number of phenols is 1. The Morgan fingerprint density at radius 3 is 2.19 bits per heavy atom. The summed E-state index contributed by atoms with van der Waals surface area (Å²) in [5.74, 6) is 0.373. The van der Waals surface area contributed by atoms with E-state index in [-0.39, 0.29) is 35.5 Å². The van der Waals surface area contributed by atoms with Crippen LogP contribution in [-0.4, -0.2) is 47.4 Å². The van der Waals surface area contributed by atoms with Crippen LogP contribution in [0.15, 0.2) is 60.7 Å². The van der Waals surface area contributed by atoms with Crippen LogP contribution in [0.4, 0.5) is 4.39 Å². The number of ether oxygens (including phenoxy) is 3. The summed E-state index contributed by atoms with van der Waals surface area (Å²) in [6, 6.07) is 16.2. The Balaban J connectivity index is 1.68. The number of phenolic OH excluding ortho intramolecular Hbond substituents is 1. The molecule has 3 aromatic carbocycles. The Morgan fingerprint density at radius 1 is 0.972 bits per heavy atom. The van der Waals surface area contributed by atoms with Gasteiger partial charge in [-0.2, -0.15) is 5.10 Å². The Kier molecular flexibility index (Phi) is 5.97. The minimum Gasteiger partial charge on any atom is -0.502 e. The van der Waals surface area contributed by atoms with E-state index in [0.717, 1.165) is 11.1 Å². The van der Waals surface area contributed by atoms with Crippen LogP contribution >= 0.6 is 0 Å². The van der Waals surface area contributed by atoms with Crippen LogP contribution in [-0.2, 0) is 6.54 Å². The monoisotopic (exact) mass is 489 g/mol. The Labute approximate surface area is 206 Å². The SMILES string of the molecule is COc1ccc(-c2n[nH]c3c2C(c2cc(OC)c(O)c(OC)c2)N(Cc2ccc(F)cc2)C3=O)cc1. The van der Waals surface area contributed by atoms with E-state index in [4.69, 9.17) is 14.2 Å². The Hall–Kier alpha value is -4.53. The second-order valence-electron chi connectivity index (χ2n) is 8.33. The van der Waals surface area contributed by atoms with Crippen LogP contribution < -0.4 is 14.2 Å². The number of halogens is 1. The maximum atomic E-state index is 13.6. The van der Waals surface area contributed by atoms with Crippen molar-refractivity contribution in [1.29, 1.82) is 0 Å². The normalized spacial score (nSPS) is 14.6. The molecule has 5 rings (SSSR count).